The summed E-state index contributed by atoms with van der Waals surface area (Å²) in [5.41, 5.74) is 1.60. The standard InChI is InChI=1S/C13H8ClF2N3/c14-12-17-6-5-10(18-12)9-7-19(13(15)16)11-4-2-1-3-8(9)11/h1-7,13H. The van der Waals surface area contributed by atoms with E-state index in [-0.39, 0.29) is 5.28 Å². The van der Waals surface area contributed by atoms with Crippen LogP contribution < -0.4 is 0 Å². The Bertz CT molecular complexity index is 740. The van der Waals surface area contributed by atoms with Gasteiger partial charge in [0.15, 0.2) is 0 Å². The van der Waals surface area contributed by atoms with Crippen molar-refractivity contribution in [3.05, 3.63) is 48.0 Å². The van der Waals surface area contributed by atoms with Gasteiger partial charge in [-0.1, -0.05) is 18.2 Å². The van der Waals surface area contributed by atoms with Crippen LogP contribution in [0.25, 0.3) is 22.2 Å². The number of halogens is 3. The maximum atomic E-state index is 13.0. The first-order chi connectivity index (χ1) is 9.16. The van der Waals surface area contributed by atoms with Crippen LogP contribution >= 0.6 is 11.6 Å². The molecule has 96 valence electrons. The molecule has 0 radical (unpaired) electrons. The Morgan fingerprint density at radius 3 is 2.68 bits per heavy atom. The van der Waals surface area contributed by atoms with E-state index in [4.69, 9.17) is 11.6 Å². The third-order valence-electron chi connectivity index (χ3n) is 2.85. The first kappa shape index (κ1) is 12.0. The van der Waals surface area contributed by atoms with Gasteiger partial charge in [-0.15, -0.1) is 0 Å². The van der Waals surface area contributed by atoms with Crippen LogP contribution in [0.1, 0.15) is 6.55 Å². The van der Waals surface area contributed by atoms with E-state index >= 15 is 0 Å². The molecule has 1 aromatic carbocycles. The smallest absolute Gasteiger partial charge is 0.290 e. The second-order valence-corrected chi connectivity index (χ2v) is 4.29. The van der Waals surface area contributed by atoms with Crippen molar-refractivity contribution in [2.24, 2.45) is 0 Å². The van der Waals surface area contributed by atoms with Gasteiger partial charge in [0, 0.05) is 23.3 Å². The van der Waals surface area contributed by atoms with Gasteiger partial charge in [-0.3, -0.25) is 4.57 Å². The summed E-state index contributed by atoms with van der Waals surface area (Å²) in [4.78, 5) is 7.85. The normalized spacial score (nSPS) is 11.4. The lowest BCUT2D eigenvalue weighted by molar-refractivity contribution is 0.0753. The molecule has 3 rings (SSSR count). The first-order valence-corrected chi connectivity index (χ1v) is 5.91. The summed E-state index contributed by atoms with van der Waals surface area (Å²) in [5.74, 6) is 0. The van der Waals surface area contributed by atoms with E-state index in [9.17, 15) is 8.78 Å². The number of fused-ring (bicyclic) bond motifs is 1. The highest BCUT2D eigenvalue weighted by Crippen LogP contribution is 2.32. The van der Waals surface area contributed by atoms with Crippen molar-refractivity contribution in [2.75, 3.05) is 0 Å². The number of alkyl halides is 2. The molecule has 0 atom stereocenters. The molecular weight excluding hydrogens is 272 g/mol. The minimum Gasteiger partial charge on any atom is -0.290 e. The van der Waals surface area contributed by atoms with E-state index in [0.717, 1.165) is 4.57 Å². The fourth-order valence-corrected chi connectivity index (χ4v) is 2.20. The summed E-state index contributed by atoms with van der Waals surface area (Å²) in [6.07, 6.45) is 2.88. The van der Waals surface area contributed by atoms with Gasteiger partial charge in [0.05, 0.1) is 11.2 Å². The van der Waals surface area contributed by atoms with Crippen LogP contribution in [0.2, 0.25) is 5.28 Å². The Morgan fingerprint density at radius 1 is 1.16 bits per heavy atom. The van der Waals surface area contributed by atoms with Gasteiger partial charge in [0.2, 0.25) is 5.28 Å². The van der Waals surface area contributed by atoms with Crippen molar-refractivity contribution >= 4 is 22.5 Å². The average molecular weight is 280 g/mol. The molecule has 0 spiro atoms. The second kappa shape index (κ2) is 4.59. The third kappa shape index (κ3) is 2.06. The lowest BCUT2D eigenvalue weighted by atomic mass is 10.1. The highest BCUT2D eigenvalue weighted by atomic mass is 35.5. The number of hydrogen-bond acceptors (Lipinski definition) is 2. The quantitative estimate of drug-likeness (QED) is 0.660. The number of para-hydroxylation sites is 1. The Balaban J connectivity index is 2.30. The maximum absolute atomic E-state index is 13.0. The molecule has 3 nitrogen and oxygen atoms in total. The summed E-state index contributed by atoms with van der Waals surface area (Å²) in [7, 11) is 0. The highest BCUT2D eigenvalue weighted by Gasteiger charge is 2.15. The van der Waals surface area contributed by atoms with E-state index < -0.39 is 6.55 Å². The molecule has 19 heavy (non-hydrogen) atoms. The van der Waals surface area contributed by atoms with Crippen molar-refractivity contribution in [1.82, 2.24) is 14.5 Å². The molecule has 0 saturated carbocycles. The minimum absolute atomic E-state index is 0.0892. The molecule has 2 heterocycles. The van der Waals surface area contributed by atoms with E-state index in [1.165, 1.54) is 12.4 Å². The van der Waals surface area contributed by atoms with Crippen LogP contribution in [0, 0.1) is 0 Å². The predicted molar refractivity (Wildman–Crippen MR) is 69.2 cm³/mol. The third-order valence-corrected chi connectivity index (χ3v) is 3.04. The van der Waals surface area contributed by atoms with Gasteiger partial charge in [0.1, 0.15) is 0 Å². The lowest BCUT2D eigenvalue weighted by Gasteiger charge is -2.01. The zero-order chi connectivity index (χ0) is 13.4. The van der Waals surface area contributed by atoms with E-state index in [1.807, 2.05) is 0 Å². The topological polar surface area (TPSA) is 30.7 Å². The number of benzene rings is 1. The lowest BCUT2D eigenvalue weighted by Crippen LogP contribution is -1.94. The molecule has 0 bridgehead atoms. The van der Waals surface area contributed by atoms with Crippen LogP contribution in [-0.4, -0.2) is 14.5 Å². The minimum atomic E-state index is -2.60. The van der Waals surface area contributed by atoms with Gasteiger partial charge in [0.25, 0.3) is 0 Å². The predicted octanol–water partition coefficient (Wildman–Crippen LogP) is 4.15. The van der Waals surface area contributed by atoms with Crippen molar-refractivity contribution in [3.63, 3.8) is 0 Å². The SMILES string of the molecule is FC(F)n1cc(-c2ccnc(Cl)n2)c2ccccc21. The molecule has 2 aromatic heterocycles. The van der Waals surface area contributed by atoms with Gasteiger partial charge < -0.3 is 0 Å². The van der Waals surface area contributed by atoms with Gasteiger partial charge in [-0.2, -0.15) is 8.78 Å². The molecule has 0 aliphatic carbocycles. The monoisotopic (exact) mass is 279 g/mol. The van der Waals surface area contributed by atoms with Crippen molar-refractivity contribution in [1.29, 1.82) is 0 Å². The summed E-state index contributed by atoms with van der Waals surface area (Å²) in [6, 6.07) is 8.58. The zero-order valence-electron chi connectivity index (χ0n) is 9.59. The van der Waals surface area contributed by atoms with Crippen LogP contribution in [0.5, 0.6) is 0 Å². The molecule has 0 amide bonds. The Morgan fingerprint density at radius 2 is 1.95 bits per heavy atom. The number of aromatic nitrogens is 3. The zero-order valence-corrected chi connectivity index (χ0v) is 10.4. The van der Waals surface area contributed by atoms with Crippen LogP contribution in [0.4, 0.5) is 8.78 Å². The summed E-state index contributed by atoms with van der Waals surface area (Å²) in [6.45, 7) is -2.60. The van der Waals surface area contributed by atoms with E-state index in [0.29, 0.717) is 22.2 Å². The second-order valence-electron chi connectivity index (χ2n) is 3.96. The molecule has 3 aromatic rings. The Hall–Kier alpha value is -2.01. The molecule has 6 heteroatoms. The highest BCUT2D eigenvalue weighted by molar-refractivity contribution is 6.28. The van der Waals surface area contributed by atoms with Crippen LogP contribution in [-0.2, 0) is 0 Å². The van der Waals surface area contributed by atoms with Crippen molar-refractivity contribution < 1.29 is 8.78 Å². The fourth-order valence-electron chi connectivity index (χ4n) is 2.06. The fraction of sp³-hybridized carbons (Fsp3) is 0.0769. The van der Waals surface area contributed by atoms with Gasteiger partial charge in [-0.25, -0.2) is 9.97 Å². The van der Waals surface area contributed by atoms with E-state index in [1.54, 1.807) is 30.3 Å². The van der Waals surface area contributed by atoms with Crippen LogP contribution in [0.15, 0.2) is 42.7 Å². The Kier molecular flexibility index (Phi) is 2.91. The Labute approximate surface area is 112 Å². The molecule has 0 unspecified atom stereocenters. The molecule has 0 aliphatic rings. The number of hydrogen-bond donors (Lipinski definition) is 0. The van der Waals surface area contributed by atoms with Gasteiger partial charge >= 0.3 is 6.55 Å². The number of rotatable bonds is 2. The molecule has 0 saturated heterocycles. The average Bonchev–Trinajstić information content (AvgIpc) is 2.78. The van der Waals surface area contributed by atoms with Crippen molar-refractivity contribution in [2.45, 2.75) is 6.55 Å². The molecule has 0 fully saturated rings. The maximum Gasteiger partial charge on any atom is 0.319 e. The van der Waals surface area contributed by atoms with E-state index in [2.05, 4.69) is 9.97 Å². The largest absolute Gasteiger partial charge is 0.319 e. The molecular formula is C13H8ClF2N3. The van der Waals surface area contributed by atoms with Crippen molar-refractivity contribution in [3.8, 4) is 11.3 Å². The molecule has 0 aliphatic heterocycles. The summed E-state index contributed by atoms with van der Waals surface area (Å²) < 4.78 is 26.9. The molecule has 0 N–H and O–H groups in total. The van der Waals surface area contributed by atoms with Gasteiger partial charge in [-0.05, 0) is 23.7 Å². The summed E-state index contributed by atoms with van der Waals surface area (Å²) >= 11 is 5.74. The van der Waals surface area contributed by atoms with Crippen LogP contribution in [0.3, 0.4) is 0 Å². The first-order valence-electron chi connectivity index (χ1n) is 5.53. The number of nitrogens with zero attached hydrogens (tertiary/aromatic N) is 3. The summed E-state index contributed by atoms with van der Waals surface area (Å²) in [5, 5.41) is 0.795.